The van der Waals surface area contributed by atoms with Crippen molar-refractivity contribution in [1.82, 2.24) is 10.3 Å². The maximum atomic E-state index is 4.99. The summed E-state index contributed by atoms with van der Waals surface area (Å²) in [4.78, 5) is 6.54. The number of fused-ring (bicyclic) bond motifs is 1. The monoisotopic (exact) mass is 308 g/mol. The first-order valence-corrected chi connectivity index (χ1v) is 9.75. The number of rotatable bonds is 10. The first-order chi connectivity index (χ1) is 10.2. The summed E-state index contributed by atoms with van der Waals surface area (Å²) < 4.78 is 0. The Bertz CT molecular complexity index is 405. The number of hydrogen-bond acceptors (Lipinski definition) is 3. The predicted molar refractivity (Wildman–Crippen MR) is 93.2 cm³/mol. The summed E-state index contributed by atoms with van der Waals surface area (Å²) in [7, 11) is 0. The minimum absolute atomic E-state index is 0.0945. The zero-order chi connectivity index (χ0) is 15.1. The van der Waals surface area contributed by atoms with Crippen LogP contribution in [0.25, 0.3) is 0 Å². The third kappa shape index (κ3) is 4.53. The molecule has 0 saturated carbocycles. The van der Waals surface area contributed by atoms with Crippen LogP contribution in [0.1, 0.15) is 87.7 Å². The minimum Gasteiger partial charge on any atom is -0.306 e. The van der Waals surface area contributed by atoms with Crippen LogP contribution in [0.5, 0.6) is 0 Å². The first-order valence-electron chi connectivity index (χ1n) is 8.93. The molecule has 1 unspecified atom stereocenters. The highest BCUT2D eigenvalue weighted by atomic mass is 32.1. The standard InChI is InChI=1S/C18H32N2S/c1-4-6-7-8-9-13-18(3,19-14-5-2)17-20-15-11-10-12-16(15)21-17/h19H,4-14H2,1-3H3. The highest BCUT2D eigenvalue weighted by Crippen LogP contribution is 2.36. The second-order valence-corrected chi connectivity index (χ2v) is 7.75. The van der Waals surface area contributed by atoms with Crippen LogP contribution in [-0.2, 0) is 18.4 Å². The molecule has 1 aromatic heterocycles. The lowest BCUT2D eigenvalue weighted by molar-refractivity contribution is 0.324. The summed E-state index contributed by atoms with van der Waals surface area (Å²) in [6.45, 7) is 7.99. The quantitative estimate of drug-likeness (QED) is 0.600. The molecule has 1 aliphatic rings. The average molecular weight is 309 g/mol. The van der Waals surface area contributed by atoms with Gasteiger partial charge in [-0.3, -0.25) is 0 Å². The van der Waals surface area contributed by atoms with Gasteiger partial charge in [0.15, 0.2) is 0 Å². The summed E-state index contributed by atoms with van der Waals surface area (Å²) in [5, 5.41) is 5.13. The van der Waals surface area contributed by atoms with Crippen LogP contribution < -0.4 is 5.32 Å². The molecule has 0 saturated heterocycles. The number of aryl methyl sites for hydroxylation is 2. The van der Waals surface area contributed by atoms with E-state index in [0.29, 0.717) is 0 Å². The van der Waals surface area contributed by atoms with Crippen molar-refractivity contribution >= 4 is 11.3 Å². The van der Waals surface area contributed by atoms with Crippen molar-refractivity contribution < 1.29 is 0 Å². The highest BCUT2D eigenvalue weighted by Gasteiger charge is 2.31. The Labute approximate surface area is 134 Å². The van der Waals surface area contributed by atoms with Gasteiger partial charge in [0.05, 0.1) is 11.2 Å². The van der Waals surface area contributed by atoms with Gasteiger partial charge in [-0.25, -0.2) is 4.98 Å². The van der Waals surface area contributed by atoms with Crippen LogP contribution in [-0.4, -0.2) is 11.5 Å². The maximum Gasteiger partial charge on any atom is 0.113 e. The van der Waals surface area contributed by atoms with Gasteiger partial charge in [-0.05, 0) is 45.6 Å². The van der Waals surface area contributed by atoms with Gasteiger partial charge in [-0.2, -0.15) is 0 Å². The maximum absolute atomic E-state index is 4.99. The molecule has 0 aromatic carbocycles. The molecule has 3 heteroatoms. The predicted octanol–water partition coefficient (Wildman–Crippen LogP) is 5.21. The molecular formula is C18H32N2S. The third-order valence-electron chi connectivity index (χ3n) is 4.61. The lowest BCUT2D eigenvalue weighted by atomic mass is 9.94. The average Bonchev–Trinajstić information content (AvgIpc) is 3.06. The lowest BCUT2D eigenvalue weighted by Crippen LogP contribution is -2.40. The first kappa shape index (κ1) is 17.0. The molecule has 2 nitrogen and oxygen atoms in total. The van der Waals surface area contributed by atoms with E-state index in [0.717, 1.165) is 6.54 Å². The van der Waals surface area contributed by atoms with Gasteiger partial charge in [0.25, 0.3) is 0 Å². The van der Waals surface area contributed by atoms with Gasteiger partial charge in [0, 0.05) is 4.88 Å². The summed E-state index contributed by atoms with van der Waals surface area (Å²) in [6, 6.07) is 0. The molecule has 1 atom stereocenters. The van der Waals surface area contributed by atoms with Gasteiger partial charge in [0.1, 0.15) is 5.01 Å². The summed E-state index contributed by atoms with van der Waals surface area (Å²) >= 11 is 1.97. The van der Waals surface area contributed by atoms with E-state index < -0.39 is 0 Å². The molecule has 0 aliphatic heterocycles. The van der Waals surface area contributed by atoms with Crippen LogP contribution in [0.4, 0.5) is 0 Å². The van der Waals surface area contributed by atoms with Crippen molar-refractivity contribution in [3.05, 3.63) is 15.6 Å². The van der Waals surface area contributed by atoms with Crippen LogP contribution >= 0.6 is 11.3 Å². The summed E-state index contributed by atoms with van der Waals surface area (Å²) in [5.41, 5.74) is 1.49. The molecule has 120 valence electrons. The van der Waals surface area contributed by atoms with E-state index in [1.54, 1.807) is 4.88 Å². The van der Waals surface area contributed by atoms with Crippen molar-refractivity contribution in [2.75, 3.05) is 6.54 Å². The second kappa shape index (κ2) is 8.28. The van der Waals surface area contributed by atoms with Crippen molar-refractivity contribution in [3.63, 3.8) is 0 Å². The fourth-order valence-electron chi connectivity index (χ4n) is 3.18. The van der Waals surface area contributed by atoms with Gasteiger partial charge in [-0.15, -0.1) is 11.3 Å². The number of nitrogens with one attached hydrogen (secondary N) is 1. The number of nitrogens with zero attached hydrogens (tertiary/aromatic N) is 1. The fourth-order valence-corrected chi connectivity index (χ4v) is 4.48. The summed E-state index contributed by atoms with van der Waals surface area (Å²) in [6.07, 6.45) is 13.0. The zero-order valence-corrected chi connectivity index (χ0v) is 15.0. The summed E-state index contributed by atoms with van der Waals surface area (Å²) in [5.74, 6) is 0. The Kier molecular flexibility index (Phi) is 6.69. The molecule has 1 aromatic rings. The van der Waals surface area contributed by atoms with Crippen molar-refractivity contribution in [3.8, 4) is 0 Å². The molecule has 0 bridgehead atoms. The number of aromatic nitrogens is 1. The molecule has 2 rings (SSSR count). The molecule has 0 fully saturated rings. The Balaban J connectivity index is 1.97. The van der Waals surface area contributed by atoms with E-state index in [2.05, 4.69) is 26.1 Å². The Hall–Kier alpha value is -0.410. The Morgan fingerprint density at radius 1 is 1.10 bits per heavy atom. The highest BCUT2D eigenvalue weighted by molar-refractivity contribution is 7.12. The largest absolute Gasteiger partial charge is 0.306 e. The van der Waals surface area contributed by atoms with E-state index in [-0.39, 0.29) is 5.54 Å². The third-order valence-corrected chi connectivity index (χ3v) is 6.03. The Morgan fingerprint density at radius 3 is 2.62 bits per heavy atom. The Morgan fingerprint density at radius 2 is 1.90 bits per heavy atom. The van der Waals surface area contributed by atoms with Gasteiger partial charge < -0.3 is 5.32 Å². The molecule has 1 N–H and O–H groups in total. The zero-order valence-electron chi connectivity index (χ0n) is 14.1. The van der Waals surface area contributed by atoms with Gasteiger partial charge >= 0.3 is 0 Å². The van der Waals surface area contributed by atoms with E-state index in [9.17, 15) is 0 Å². The molecule has 0 amide bonds. The van der Waals surface area contributed by atoms with Crippen molar-refractivity contribution in [2.24, 2.45) is 0 Å². The lowest BCUT2D eigenvalue weighted by Gasteiger charge is -2.29. The van der Waals surface area contributed by atoms with Crippen molar-refractivity contribution in [1.29, 1.82) is 0 Å². The van der Waals surface area contributed by atoms with Crippen LogP contribution in [0, 0.1) is 0 Å². The number of hydrogen-bond donors (Lipinski definition) is 1. The SMILES string of the molecule is CCCCCCCC(C)(NCCC)c1nc2c(s1)CCC2. The van der Waals surface area contributed by atoms with Crippen LogP contribution in [0.3, 0.4) is 0 Å². The molecule has 1 heterocycles. The van der Waals surface area contributed by atoms with E-state index in [4.69, 9.17) is 4.98 Å². The fraction of sp³-hybridized carbons (Fsp3) is 0.833. The molecule has 21 heavy (non-hydrogen) atoms. The second-order valence-electron chi connectivity index (χ2n) is 6.67. The smallest absolute Gasteiger partial charge is 0.113 e. The number of thiazole rings is 1. The van der Waals surface area contributed by atoms with E-state index in [1.165, 1.54) is 74.9 Å². The topological polar surface area (TPSA) is 24.9 Å². The molecule has 0 radical (unpaired) electrons. The molecular weight excluding hydrogens is 276 g/mol. The van der Waals surface area contributed by atoms with Crippen LogP contribution in [0.2, 0.25) is 0 Å². The van der Waals surface area contributed by atoms with E-state index in [1.807, 2.05) is 11.3 Å². The molecule has 1 aliphatic carbocycles. The van der Waals surface area contributed by atoms with Gasteiger partial charge in [-0.1, -0.05) is 46.0 Å². The van der Waals surface area contributed by atoms with Crippen molar-refractivity contribution in [2.45, 2.75) is 90.5 Å². The molecule has 0 spiro atoms. The van der Waals surface area contributed by atoms with Crippen LogP contribution in [0.15, 0.2) is 0 Å². The van der Waals surface area contributed by atoms with Gasteiger partial charge in [0.2, 0.25) is 0 Å². The normalized spacial score (nSPS) is 16.9. The minimum atomic E-state index is 0.0945. The van der Waals surface area contributed by atoms with E-state index >= 15 is 0 Å². The number of unbranched alkanes of at least 4 members (excludes halogenated alkanes) is 4.